The van der Waals surface area contributed by atoms with Crippen LogP contribution in [0.25, 0.3) is 0 Å². The number of guanidine groups is 1. The second kappa shape index (κ2) is 7.69. The number of hydrogen-bond acceptors (Lipinski definition) is 3. The van der Waals surface area contributed by atoms with Crippen molar-refractivity contribution in [3.63, 3.8) is 0 Å². The predicted molar refractivity (Wildman–Crippen MR) is 78.8 cm³/mol. The normalized spacial score (nSPS) is 21.5. The summed E-state index contributed by atoms with van der Waals surface area (Å²) in [6.45, 7) is 7.96. The molecule has 19 heavy (non-hydrogen) atoms. The standard InChI is InChI=1S/C12H26N4O2S/c1-4-13-12(14-7-8-15-19(3,17)18)16-9-5-6-11(2)10-16/h11,15H,4-10H2,1-3H3,(H,13,14). The zero-order chi connectivity index (χ0) is 14.3. The summed E-state index contributed by atoms with van der Waals surface area (Å²) >= 11 is 0. The van der Waals surface area contributed by atoms with E-state index in [4.69, 9.17) is 0 Å². The number of nitrogens with one attached hydrogen (secondary N) is 2. The molecule has 1 heterocycles. The van der Waals surface area contributed by atoms with Crippen molar-refractivity contribution in [3.05, 3.63) is 0 Å². The Hall–Kier alpha value is -0.820. The summed E-state index contributed by atoms with van der Waals surface area (Å²) in [5.41, 5.74) is 0. The highest BCUT2D eigenvalue weighted by atomic mass is 32.2. The first kappa shape index (κ1) is 16.2. The lowest BCUT2D eigenvalue weighted by molar-refractivity contribution is 0.266. The molecule has 6 nitrogen and oxygen atoms in total. The van der Waals surface area contributed by atoms with Gasteiger partial charge in [-0.15, -0.1) is 0 Å². The number of likely N-dealkylation sites (tertiary alicyclic amines) is 1. The molecule has 7 heteroatoms. The van der Waals surface area contributed by atoms with Gasteiger partial charge in [0.05, 0.1) is 12.8 Å². The SMILES string of the molecule is CCNC(=NCCNS(C)(=O)=O)N1CCCC(C)C1. The van der Waals surface area contributed by atoms with E-state index in [2.05, 4.69) is 26.9 Å². The van der Waals surface area contributed by atoms with Crippen molar-refractivity contribution in [1.29, 1.82) is 0 Å². The van der Waals surface area contributed by atoms with Gasteiger partial charge in [0, 0.05) is 26.2 Å². The molecule has 112 valence electrons. The second-order valence-electron chi connectivity index (χ2n) is 5.10. The topological polar surface area (TPSA) is 73.8 Å². The van der Waals surface area contributed by atoms with E-state index in [1.165, 1.54) is 12.8 Å². The molecular weight excluding hydrogens is 264 g/mol. The Morgan fingerprint density at radius 1 is 1.47 bits per heavy atom. The maximum absolute atomic E-state index is 11.0. The number of piperidine rings is 1. The third-order valence-electron chi connectivity index (χ3n) is 3.03. The Balaban J connectivity index is 2.50. The molecule has 0 aromatic carbocycles. The molecule has 0 amide bonds. The van der Waals surface area contributed by atoms with Gasteiger partial charge in [0.15, 0.2) is 5.96 Å². The van der Waals surface area contributed by atoms with E-state index in [9.17, 15) is 8.42 Å². The fourth-order valence-electron chi connectivity index (χ4n) is 2.20. The van der Waals surface area contributed by atoms with Gasteiger partial charge in [-0.25, -0.2) is 13.1 Å². The zero-order valence-electron chi connectivity index (χ0n) is 12.1. The molecule has 1 rings (SSSR count). The molecule has 1 fully saturated rings. The molecule has 2 N–H and O–H groups in total. The van der Waals surface area contributed by atoms with Crippen LogP contribution in [-0.4, -0.2) is 58.3 Å². The first-order chi connectivity index (χ1) is 8.92. The maximum atomic E-state index is 11.0. The van der Waals surface area contributed by atoms with Crippen molar-refractivity contribution in [1.82, 2.24) is 14.9 Å². The molecule has 0 spiro atoms. The van der Waals surface area contributed by atoms with Crippen LogP contribution in [0.4, 0.5) is 0 Å². The summed E-state index contributed by atoms with van der Waals surface area (Å²) in [5, 5.41) is 3.27. The van der Waals surface area contributed by atoms with Gasteiger partial charge in [-0.3, -0.25) is 4.99 Å². The van der Waals surface area contributed by atoms with Gasteiger partial charge >= 0.3 is 0 Å². The van der Waals surface area contributed by atoms with Crippen LogP contribution in [0, 0.1) is 5.92 Å². The molecule has 1 atom stereocenters. The molecular formula is C12H26N4O2S. The predicted octanol–water partition coefficient (Wildman–Crippen LogP) is 0.233. The molecule has 0 saturated carbocycles. The molecule has 0 aromatic heterocycles. The van der Waals surface area contributed by atoms with Gasteiger partial charge in [-0.1, -0.05) is 6.92 Å². The number of aliphatic imine (C=N–C) groups is 1. The van der Waals surface area contributed by atoms with Gasteiger partial charge < -0.3 is 10.2 Å². The summed E-state index contributed by atoms with van der Waals surface area (Å²) in [6.07, 6.45) is 3.62. The molecule has 1 unspecified atom stereocenters. The third kappa shape index (κ3) is 6.77. The number of sulfonamides is 1. The first-order valence-corrected chi connectivity index (χ1v) is 8.79. The number of hydrogen-bond donors (Lipinski definition) is 2. The first-order valence-electron chi connectivity index (χ1n) is 6.90. The van der Waals surface area contributed by atoms with Gasteiger partial charge in [0.1, 0.15) is 0 Å². The third-order valence-corrected chi connectivity index (χ3v) is 3.76. The Morgan fingerprint density at radius 3 is 2.79 bits per heavy atom. The van der Waals surface area contributed by atoms with Crippen molar-refractivity contribution >= 4 is 16.0 Å². The Labute approximate surface area is 116 Å². The van der Waals surface area contributed by atoms with E-state index in [1.807, 2.05) is 6.92 Å². The van der Waals surface area contributed by atoms with Crippen molar-refractivity contribution in [2.24, 2.45) is 10.9 Å². The Bertz CT molecular complexity index is 395. The lowest BCUT2D eigenvalue weighted by atomic mass is 10.0. The second-order valence-corrected chi connectivity index (χ2v) is 6.93. The lowest BCUT2D eigenvalue weighted by Crippen LogP contribution is -2.46. The summed E-state index contributed by atoms with van der Waals surface area (Å²) in [6, 6.07) is 0. The highest BCUT2D eigenvalue weighted by molar-refractivity contribution is 7.88. The van der Waals surface area contributed by atoms with Crippen LogP contribution in [0.5, 0.6) is 0 Å². The van der Waals surface area contributed by atoms with Crippen molar-refractivity contribution in [3.8, 4) is 0 Å². The van der Waals surface area contributed by atoms with Crippen LogP contribution in [0.15, 0.2) is 4.99 Å². The highest BCUT2D eigenvalue weighted by Gasteiger charge is 2.18. The highest BCUT2D eigenvalue weighted by Crippen LogP contribution is 2.15. The average molecular weight is 290 g/mol. The average Bonchev–Trinajstić information content (AvgIpc) is 2.32. The Morgan fingerprint density at radius 2 is 2.21 bits per heavy atom. The van der Waals surface area contributed by atoms with Crippen LogP contribution in [0.1, 0.15) is 26.7 Å². The molecule has 0 aliphatic carbocycles. The summed E-state index contributed by atoms with van der Waals surface area (Å²) in [5.74, 6) is 1.58. The molecule has 0 aromatic rings. The smallest absolute Gasteiger partial charge is 0.208 e. The molecule has 0 radical (unpaired) electrons. The summed E-state index contributed by atoms with van der Waals surface area (Å²) < 4.78 is 24.4. The van der Waals surface area contributed by atoms with Crippen LogP contribution in [-0.2, 0) is 10.0 Å². The zero-order valence-corrected chi connectivity index (χ0v) is 13.0. The minimum Gasteiger partial charge on any atom is -0.357 e. The van der Waals surface area contributed by atoms with Gasteiger partial charge in [0.2, 0.25) is 10.0 Å². The van der Waals surface area contributed by atoms with Gasteiger partial charge in [-0.2, -0.15) is 0 Å². The fraction of sp³-hybridized carbons (Fsp3) is 0.917. The van der Waals surface area contributed by atoms with Crippen LogP contribution in [0.3, 0.4) is 0 Å². The minimum absolute atomic E-state index is 0.344. The Kier molecular flexibility index (Phi) is 6.57. The fourth-order valence-corrected chi connectivity index (χ4v) is 2.66. The number of rotatable bonds is 5. The quantitative estimate of drug-likeness (QED) is 0.432. The maximum Gasteiger partial charge on any atom is 0.208 e. The molecule has 0 bridgehead atoms. The summed E-state index contributed by atoms with van der Waals surface area (Å²) in [4.78, 5) is 6.74. The van der Waals surface area contributed by atoms with E-state index >= 15 is 0 Å². The van der Waals surface area contributed by atoms with Crippen LogP contribution >= 0.6 is 0 Å². The van der Waals surface area contributed by atoms with Gasteiger partial charge in [0.25, 0.3) is 0 Å². The molecule has 1 aliphatic heterocycles. The largest absolute Gasteiger partial charge is 0.357 e. The van der Waals surface area contributed by atoms with Gasteiger partial charge in [-0.05, 0) is 25.7 Å². The van der Waals surface area contributed by atoms with E-state index in [1.54, 1.807) is 0 Å². The van der Waals surface area contributed by atoms with Crippen molar-refractivity contribution in [2.75, 3.05) is 39.0 Å². The monoisotopic (exact) mass is 290 g/mol. The van der Waals surface area contributed by atoms with Crippen LogP contribution in [0.2, 0.25) is 0 Å². The summed E-state index contributed by atoms with van der Waals surface area (Å²) in [7, 11) is -3.12. The van der Waals surface area contributed by atoms with E-state index in [0.29, 0.717) is 19.0 Å². The van der Waals surface area contributed by atoms with E-state index in [0.717, 1.165) is 31.8 Å². The molecule has 1 aliphatic rings. The number of nitrogens with zero attached hydrogens (tertiary/aromatic N) is 2. The minimum atomic E-state index is -3.12. The van der Waals surface area contributed by atoms with Crippen molar-refractivity contribution < 1.29 is 8.42 Å². The lowest BCUT2D eigenvalue weighted by Gasteiger charge is -2.33. The molecule has 1 saturated heterocycles. The van der Waals surface area contributed by atoms with E-state index < -0.39 is 10.0 Å². The van der Waals surface area contributed by atoms with Crippen molar-refractivity contribution in [2.45, 2.75) is 26.7 Å². The van der Waals surface area contributed by atoms with Crippen LogP contribution < -0.4 is 10.0 Å². The van der Waals surface area contributed by atoms with E-state index in [-0.39, 0.29) is 0 Å².